The number of para-hydroxylation sites is 1. The Hall–Kier alpha value is -2.93. The van der Waals surface area contributed by atoms with Crippen LogP contribution in [-0.2, 0) is 7.05 Å². The number of benzene rings is 3. The molecule has 0 amide bonds. The fraction of sp³-hybridized carbons (Fsp3) is 0.0455. The Kier molecular flexibility index (Phi) is 5.72. The molecular formula is C22H15Cl2N3O2S. The molecule has 1 heterocycles. The van der Waals surface area contributed by atoms with Crippen LogP contribution in [0.25, 0.3) is 21.7 Å². The molecule has 1 aromatic heterocycles. The van der Waals surface area contributed by atoms with Crippen molar-refractivity contribution in [1.29, 1.82) is 0 Å². The predicted octanol–water partition coefficient (Wildman–Crippen LogP) is 6.05. The van der Waals surface area contributed by atoms with Gasteiger partial charge >= 0.3 is 5.97 Å². The number of hydrogen-bond donors (Lipinski definition) is 1. The molecule has 4 rings (SSSR count). The lowest BCUT2D eigenvalue weighted by atomic mass is 10.0. The average molecular weight is 456 g/mol. The third-order valence-corrected chi connectivity index (χ3v) is 5.98. The van der Waals surface area contributed by atoms with Crippen molar-refractivity contribution in [2.24, 2.45) is 12.0 Å². The zero-order chi connectivity index (χ0) is 21.3. The Morgan fingerprint density at radius 3 is 2.17 bits per heavy atom. The third kappa shape index (κ3) is 4.16. The van der Waals surface area contributed by atoms with Crippen molar-refractivity contribution in [3.05, 3.63) is 87.1 Å². The normalized spacial score (nSPS) is 11.6. The zero-order valence-electron chi connectivity index (χ0n) is 15.7. The van der Waals surface area contributed by atoms with E-state index < -0.39 is 5.97 Å². The molecule has 0 spiro atoms. The molecule has 150 valence electrons. The van der Waals surface area contributed by atoms with Gasteiger partial charge in [-0.3, -0.25) is 0 Å². The van der Waals surface area contributed by atoms with Crippen molar-refractivity contribution in [2.75, 3.05) is 0 Å². The van der Waals surface area contributed by atoms with Gasteiger partial charge in [0.1, 0.15) is 5.01 Å². The minimum Gasteiger partial charge on any atom is -0.478 e. The van der Waals surface area contributed by atoms with Gasteiger partial charge in [-0.1, -0.05) is 70.9 Å². The van der Waals surface area contributed by atoms with Gasteiger partial charge in [-0.25, -0.2) is 14.5 Å². The number of halogens is 2. The van der Waals surface area contributed by atoms with Crippen LogP contribution in [-0.4, -0.2) is 20.9 Å². The standard InChI is InChI=1S/C22H15Cl2N3O2S/c1-27-22(30-20(26-27)14-7-11-16(24)12-8-14)25-19-17(3-2-4-18(19)21(28)29)13-5-9-15(23)10-6-13/h2-12H,1H3,(H,28,29). The summed E-state index contributed by atoms with van der Waals surface area (Å²) in [6.07, 6.45) is 0. The van der Waals surface area contributed by atoms with Crippen molar-refractivity contribution >= 4 is 46.2 Å². The van der Waals surface area contributed by atoms with Gasteiger partial charge in [0, 0.05) is 28.2 Å². The molecule has 3 aromatic carbocycles. The SMILES string of the molecule is Cn1nc(-c2ccc(Cl)cc2)sc1=Nc1c(C(=O)O)cccc1-c1ccc(Cl)cc1. The van der Waals surface area contributed by atoms with Gasteiger partial charge in [0.15, 0.2) is 0 Å². The van der Waals surface area contributed by atoms with E-state index >= 15 is 0 Å². The summed E-state index contributed by atoms with van der Waals surface area (Å²) in [5.41, 5.74) is 2.92. The first-order valence-corrected chi connectivity index (χ1v) is 10.5. The van der Waals surface area contributed by atoms with Crippen LogP contribution in [0.3, 0.4) is 0 Å². The van der Waals surface area contributed by atoms with Crippen molar-refractivity contribution in [1.82, 2.24) is 9.78 Å². The zero-order valence-corrected chi connectivity index (χ0v) is 18.0. The van der Waals surface area contributed by atoms with Crippen LogP contribution < -0.4 is 4.80 Å². The molecule has 4 aromatic rings. The van der Waals surface area contributed by atoms with Gasteiger partial charge in [-0.05, 0) is 35.9 Å². The van der Waals surface area contributed by atoms with Crippen molar-refractivity contribution in [2.45, 2.75) is 0 Å². The van der Waals surface area contributed by atoms with E-state index in [2.05, 4.69) is 5.10 Å². The maximum atomic E-state index is 11.9. The molecule has 0 saturated heterocycles. The van der Waals surface area contributed by atoms with Crippen molar-refractivity contribution < 1.29 is 9.90 Å². The number of carboxylic acids is 1. The first-order chi connectivity index (χ1) is 14.4. The van der Waals surface area contributed by atoms with Gasteiger partial charge in [0.25, 0.3) is 0 Å². The van der Waals surface area contributed by atoms with Crippen LogP contribution in [0.1, 0.15) is 10.4 Å². The Morgan fingerprint density at radius 2 is 1.57 bits per heavy atom. The minimum absolute atomic E-state index is 0.115. The van der Waals surface area contributed by atoms with E-state index in [1.165, 1.54) is 11.3 Å². The van der Waals surface area contributed by atoms with Crippen molar-refractivity contribution in [3.8, 4) is 21.7 Å². The minimum atomic E-state index is -1.05. The topological polar surface area (TPSA) is 67.5 Å². The number of hydrogen-bond acceptors (Lipinski definition) is 4. The molecule has 1 N–H and O–H groups in total. The highest BCUT2D eigenvalue weighted by molar-refractivity contribution is 7.12. The molecule has 0 bridgehead atoms. The van der Waals surface area contributed by atoms with E-state index in [1.54, 1.807) is 48.1 Å². The summed E-state index contributed by atoms with van der Waals surface area (Å²) < 4.78 is 1.64. The van der Waals surface area contributed by atoms with Gasteiger partial charge < -0.3 is 5.11 Å². The lowest BCUT2D eigenvalue weighted by molar-refractivity contribution is 0.0698. The first-order valence-electron chi connectivity index (χ1n) is 8.89. The summed E-state index contributed by atoms with van der Waals surface area (Å²) in [7, 11) is 1.78. The maximum Gasteiger partial charge on any atom is 0.337 e. The van der Waals surface area contributed by atoms with Crippen molar-refractivity contribution in [3.63, 3.8) is 0 Å². The number of aryl methyl sites for hydroxylation is 1. The smallest absolute Gasteiger partial charge is 0.337 e. The second kappa shape index (κ2) is 8.44. The molecule has 0 radical (unpaired) electrons. The van der Waals surface area contributed by atoms with Gasteiger partial charge in [0.2, 0.25) is 4.80 Å². The second-order valence-corrected chi connectivity index (χ2v) is 8.27. The fourth-order valence-corrected chi connectivity index (χ4v) is 4.10. The summed E-state index contributed by atoms with van der Waals surface area (Å²) in [5, 5.41) is 16.3. The molecule has 0 fully saturated rings. The quantitative estimate of drug-likeness (QED) is 0.406. The Balaban J connectivity index is 1.90. The molecule has 0 aliphatic carbocycles. The molecule has 0 aliphatic rings. The number of aromatic nitrogens is 2. The third-order valence-electron chi connectivity index (χ3n) is 4.43. The molecule has 0 saturated carbocycles. The number of carboxylic acid groups (broad SMARTS) is 1. The molecule has 0 unspecified atom stereocenters. The van der Waals surface area contributed by atoms with Gasteiger partial charge in [-0.2, -0.15) is 5.10 Å². The Labute approximate surface area is 186 Å². The van der Waals surface area contributed by atoms with Crippen LogP contribution in [0.5, 0.6) is 0 Å². The average Bonchev–Trinajstić information content (AvgIpc) is 3.09. The molecule has 0 aliphatic heterocycles. The summed E-state index contributed by atoms with van der Waals surface area (Å²) in [5.74, 6) is -1.05. The molecule has 8 heteroatoms. The number of rotatable bonds is 4. The highest BCUT2D eigenvalue weighted by atomic mass is 35.5. The summed E-state index contributed by atoms with van der Waals surface area (Å²) in [6.45, 7) is 0. The Bertz CT molecular complexity index is 1290. The van der Waals surface area contributed by atoms with Crippen LogP contribution in [0.2, 0.25) is 10.0 Å². The van der Waals surface area contributed by atoms with E-state index in [0.717, 1.165) is 16.1 Å². The number of aromatic carboxylic acids is 1. The number of nitrogens with zero attached hydrogens (tertiary/aromatic N) is 3. The van der Waals surface area contributed by atoms with Gasteiger partial charge in [0.05, 0.1) is 11.3 Å². The lowest BCUT2D eigenvalue weighted by Crippen LogP contribution is -2.12. The Morgan fingerprint density at radius 1 is 0.967 bits per heavy atom. The fourth-order valence-electron chi connectivity index (χ4n) is 2.95. The predicted molar refractivity (Wildman–Crippen MR) is 121 cm³/mol. The van der Waals surface area contributed by atoms with E-state index in [-0.39, 0.29) is 5.56 Å². The van der Waals surface area contributed by atoms with E-state index in [1.807, 2.05) is 30.3 Å². The summed E-state index contributed by atoms with van der Waals surface area (Å²) in [4.78, 5) is 17.2. The highest BCUT2D eigenvalue weighted by Crippen LogP contribution is 2.34. The largest absolute Gasteiger partial charge is 0.478 e. The van der Waals surface area contributed by atoms with Crippen LogP contribution in [0, 0.1) is 0 Å². The first kappa shape index (κ1) is 20.3. The van der Waals surface area contributed by atoms with Gasteiger partial charge in [-0.15, -0.1) is 0 Å². The number of carbonyl (C=O) groups is 1. The molecule has 5 nitrogen and oxygen atoms in total. The summed E-state index contributed by atoms with van der Waals surface area (Å²) >= 11 is 13.3. The summed E-state index contributed by atoms with van der Waals surface area (Å²) in [6, 6.07) is 19.7. The van der Waals surface area contributed by atoms with Crippen LogP contribution in [0.15, 0.2) is 71.7 Å². The highest BCUT2D eigenvalue weighted by Gasteiger charge is 2.16. The van der Waals surface area contributed by atoms with E-state index in [4.69, 9.17) is 28.2 Å². The lowest BCUT2D eigenvalue weighted by Gasteiger charge is -2.09. The molecule has 30 heavy (non-hydrogen) atoms. The maximum absolute atomic E-state index is 11.9. The van der Waals surface area contributed by atoms with E-state index in [0.29, 0.717) is 26.1 Å². The second-order valence-electron chi connectivity index (χ2n) is 6.45. The molecule has 0 atom stereocenters. The molecular weight excluding hydrogens is 441 g/mol. The monoisotopic (exact) mass is 455 g/mol. The van der Waals surface area contributed by atoms with Crippen LogP contribution in [0.4, 0.5) is 5.69 Å². The van der Waals surface area contributed by atoms with Crippen LogP contribution >= 0.6 is 34.5 Å². The van der Waals surface area contributed by atoms with E-state index in [9.17, 15) is 9.90 Å².